The molecule has 1 aromatic carbocycles. The third-order valence-corrected chi connectivity index (χ3v) is 5.19. The molecule has 2 aromatic rings. The number of aromatic nitrogens is 1. The van der Waals surface area contributed by atoms with Crippen LogP contribution in [-0.4, -0.2) is 49.0 Å². The van der Waals surface area contributed by atoms with Crippen LogP contribution in [-0.2, 0) is 0 Å². The number of hydrogen-bond acceptors (Lipinski definition) is 4. The zero-order valence-corrected chi connectivity index (χ0v) is 15.9. The molecule has 138 valence electrons. The second-order valence-corrected chi connectivity index (χ2v) is 7.42. The minimum Gasteiger partial charge on any atom is -0.378 e. The first-order valence-electron chi connectivity index (χ1n) is 9.23. The summed E-state index contributed by atoms with van der Waals surface area (Å²) in [4.78, 5) is 21.2. The SMILES string of the molecule is CC(N)C1CCCN(C(=O)c2cncc(-c3ccc(N(C)C)cc3)c2)C1. The van der Waals surface area contributed by atoms with Crippen LogP contribution in [0.25, 0.3) is 11.1 Å². The highest BCUT2D eigenvalue weighted by Crippen LogP contribution is 2.24. The van der Waals surface area contributed by atoms with Gasteiger partial charge in [-0.2, -0.15) is 0 Å². The molecule has 0 spiro atoms. The lowest BCUT2D eigenvalue weighted by atomic mass is 9.92. The van der Waals surface area contributed by atoms with Crippen molar-refractivity contribution < 1.29 is 4.79 Å². The van der Waals surface area contributed by atoms with E-state index in [2.05, 4.69) is 34.1 Å². The first-order valence-corrected chi connectivity index (χ1v) is 9.23. The average Bonchev–Trinajstić information content (AvgIpc) is 2.67. The molecular formula is C21H28N4O. The topological polar surface area (TPSA) is 62.5 Å². The second-order valence-electron chi connectivity index (χ2n) is 7.42. The Morgan fingerprint density at radius 2 is 1.96 bits per heavy atom. The summed E-state index contributed by atoms with van der Waals surface area (Å²) in [6.07, 6.45) is 5.58. The highest BCUT2D eigenvalue weighted by molar-refractivity contribution is 5.95. The Hall–Kier alpha value is -2.40. The number of piperidine rings is 1. The van der Waals surface area contributed by atoms with Gasteiger partial charge in [-0.15, -0.1) is 0 Å². The van der Waals surface area contributed by atoms with Crippen LogP contribution >= 0.6 is 0 Å². The zero-order chi connectivity index (χ0) is 18.7. The van der Waals surface area contributed by atoms with E-state index in [4.69, 9.17) is 5.73 Å². The normalized spacial score (nSPS) is 18.5. The number of amides is 1. The summed E-state index contributed by atoms with van der Waals surface area (Å²) in [6, 6.07) is 10.3. The van der Waals surface area contributed by atoms with Crippen LogP contribution in [0.2, 0.25) is 0 Å². The Bertz CT molecular complexity index is 755. The van der Waals surface area contributed by atoms with Gasteiger partial charge in [0.05, 0.1) is 5.56 Å². The van der Waals surface area contributed by atoms with E-state index in [1.165, 1.54) is 0 Å². The van der Waals surface area contributed by atoms with Crippen LogP contribution in [0.5, 0.6) is 0 Å². The molecule has 1 aliphatic rings. The van der Waals surface area contributed by atoms with E-state index in [9.17, 15) is 4.79 Å². The van der Waals surface area contributed by atoms with E-state index in [0.29, 0.717) is 11.5 Å². The molecule has 1 aromatic heterocycles. The van der Waals surface area contributed by atoms with Crippen molar-refractivity contribution in [2.75, 3.05) is 32.1 Å². The number of likely N-dealkylation sites (tertiary alicyclic amines) is 1. The van der Waals surface area contributed by atoms with E-state index in [-0.39, 0.29) is 11.9 Å². The van der Waals surface area contributed by atoms with Crippen LogP contribution in [0.3, 0.4) is 0 Å². The van der Waals surface area contributed by atoms with Crippen LogP contribution in [0.1, 0.15) is 30.1 Å². The first-order chi connectivity index (χ1) is 12.5. The molecule has 2 unspecified atom stereocenters. The molecule has 0 aliphatic carbocycles. The Kier molecular flexibility index (Phi) is 5.57. The number of nitrogens with two attached hydrogens (primary N) is 1. The maximum atomic E-state index is 12.9. The number of hydrogen-bond donors (Lipinski definition) is 1. The first kappa shape index (κ1) is 18.4. The lowest BCUT2D eigenvalue weighted by Crippen LogP contribution is -2.45. The maximum absolute atomic E-state index is 12.9. The summed E-state index contributed by atoms with van der Waals surface area (Å²) in [5, 5.41) is 0. The van der Waals surface area contributed by atoms with Gasteiger partial charge in [0.25, 0.3) is 5.91 Å². The lowest BCUT2D eigenvalue weighted by molar-refractivity contribution is 0.0660. The van der Waals surface area contributed by atoms with Gasteiger partial charge < -0.3 is 15.5 Å². The maximum Gasteiger partial charge on any atom is 0.255 e. The lowest BCUT2D eigenvalue weighted by Gasteiger charge is -2.34. The quantitative estimate of drug-likeness (QED) is 0.919. The third-order valence-electron chi connectivity index (χ3n) is 5.19. The summed E-state index contributed by atoms with van der Waals surface area (Å²) >= 11 is 0. The number of carbonyl (C=O) groups is 1. The number of carbonyl (C=O) groups excluding carboxylic acids is 1. The summed E-state index contributed by atoms with van der Waals surface area (Å²) in [7, 11) is 4.04. The van der Waals surface area contributed by atoms with Crippen LogP contribution in [0, 0.1) is 5.92 Å². The van der Waals surface area contributed by atoms with Gasteiger partial charge in [-0.1, -0.05) is 12.1 Å². The highest BCUT2D eigenvalue weighted by Gasteiger charge is 2.26. The van der Waals surface area contributed by atoms with E-state index < -0.39 is 0 Å². The van der Waals surface area contributed by atoms with Crippen molar-refractivity contribution in [2.24, 2.45) is 11.7 Å². The van der Waals surface area contributed by atoms with Gasteiger partial charge in [0.1, 0.15) is 0 Å². The summed E-state index contributed by atoms with van der Waals surface area (Å²) in [5.74, 6) is 0.428. The van der Waals surface area contributed by atoms with Crippen LogP contribution < -0.4 is 10.6 Å². The third kappa shape index (κ3) is 4.05. The number of anilines is 1. The van der Waals surface area contributed by atoms with Crippen LogP contribution in [0.4, 0.5) is 5.69 Å². The van der Waals surface area contributed by atoms with E-state index in [0.717, 1.165) is 42.7 Å². The van der Waals surface area contributed by atoms with Gasteiger partial charge in [-0.3, -0.25) is 9.78 Å². The van der Waals surface area contributed by atoms with Gasteiger partial charge in [0, 0.05) is 56.9 Å². The summed E-state index contributed by atoms with van der Waals surface area (Å²) in [5.41, 5.74) is 9.85. The number of benzene rings is 1. The van der Waals surface area contributed by atoms with Crippen molar-refractivity contribution in [3.63, 3.8) is 0 Å². The molecule has 0 radical (unpaired) electrons. The van der Waals surface area contributed by atoms with E-state index >= 15 is 0 Å². The minimum absolute atomic E-state index is 0.0506. The van der Waals surface area contributed by atoms with Crippen molar-refractivity contribution >= 4 is 11.6 Å². The molecule has 5 nitrogen and oxygen atoms in total. The van der Waals surface area contributed by atoms with Crippen molar-refractivity contribution in [3.8, 4) is 11.1 Å². The van der Waals surface area contributed by atoms with Crippen molar-refractivity contribution in [2.45, 2.75) is 25.8 Å². The minimum atomic E-state index is 0.0506. The van der Waals surface area contributed by atoms with Gasteiger partial charge in [0.2, 0.25) is 0 Å². The highest BCUT2D eigenvalue weighted by atomic mass is 16.2. The van der Waals surface area contributed by atoms with Gasteiger partial charge in [-0.05, 0) is 49.4 Å². The molecule has 1 aliphatic heterocycles. The van der Waals surface area contributed by atoms with Crippen molar-refractivity contribution in [1.82, 2.24) is 9.88 Å². The van der Waals surface area contributed by atoms with Crippen molar-refractivity contribution in [1.29, 1.82) is 0 Å². The monoisotopic (exact) mass is 352 g/mol. The van der Waals surface area contributed by atoms with Gasteiger partial charge >= 0.3 is 0 Å². The molecule has 2 N–H and O–H groups in total. The van der Waals surface area contributed by atoms with Gasteiger partial charge in [0.15, 0.2) is 0 Å². The molecule has 26 heavy (non-hydrogen) atoms. The number of rotatable bonds is 4. The Morgan fingerprint density at radius 3 is 2.62 bits per heavy atom. The zero-order valence-electron chi connectivity index (χ0n) is 15.9. The summed E-state index contributed by atoms with van der Waals surface area (Å²) in [6.45, 7) is 3.56. The molecule has 2 atom stereocenters. The average molecular weight is 352 g/mol. The molecule has 2 heterocycles. The van der Waals surface area contributed by atoms with E-state index in [1.807, 2.05) is 38.2 Å². The van der Waals surface area contributed by atoms with Crippen LogP contribution in [0.15, 0.2) is 42.7 Å². The molecule has 5 heteroatoms. The fourth-order valence-corrected chi connectivity index (χ4v) is 3.47. The smallest absolute Gasteiger partial charge is 0.255 e. The molecule has 3 rings (SSSR count). The molecule has 1 fully saturated rings. The molecule has 0 bridgehead atoms. The molecule has 0 saturated carbocycles. The van der Waals surface area contributed by atoms with Crippen molar-refractivity contribution in [3.05, 3.63) is 48.3 Å². The van der Waals surface area contributed by atoms with Gasteiger partial charge in [-0.25, -0.2) is 0 Å². The molecular weight excluding hydrogens is 324 g/mol. The fourth-order valence-electron chi connectivity index (χ4n) is 3.47. The number of nitrogens with zero attached hydrogens (tertiary/aromatic N) is 3. The Labute approximate surface area is 155 Å². The predicted molar refractivity (Wildman–Crippen MR) is 106 cm³/mol. The summed E-state index contributed by atoms with van der Waals surface area (Å²) < 4.78 is 0. The molecule has 1 saturated heterocycles. The Balaban J connectivity index is 1.79. The number of pyridine rings is 1. The Morgan fingerprint density at radius 1 is 1.23 bits per heavy atom. The standard InChI is InChI=1S/C21H28N4O/c1-15(22)17-5-4-10-25(14-17)21(26)19-11-18(12-23-13-19)16-6-8-20(9-7-16)24(2)3/h6-9,11-13,15,17H,4-5,10,14,22H2,1-3H3. The largest absolute Gasteiger partial charge is 0.378 e. The predicted octanol–water partition coefficient (Wildman–Crippen LogP) is 3.01. The molecule has 1 amide bonds. The second kappa shape index (κ2) is 7.87. The fraction of sp³-hybridized carbons (Fsp3) is 0.429. The van der Waals surface area contributed by atoms with E-state index in [1.54, 1.807) is 6.20 Å².